The van der Waals surface area contributed by atoms with Gasteiger partial charge in [-0.05, 0) is 39.7 Å². The minimum atomic E-state index is -0.690. The Morgan fingerprint density at radius 2 is 1.56 bits per heavy atom. The minimum absolute atomic E-state index is 0.262. The topological polar surface area (TPSA) is 60.8 Å². The lowest BCUT2D eigenvalue weighted by atomic mass is 10.1. The van der Waals surface area contributed by atoms with E-state index >= 15 is 0 Å². The highest BCUT2D eigenvalue weighted by molar-refractivity contribution is 5.66. The largest absolute Gasteiger partial charge is 0.481 e. The van der Waals surface area contributed by atoms with Crippen LogP contribution in [0.2, 0.25) is 0 Å². The van der Waals surface area contributed by atoms with Crippen LogP contribution >= 0.6 is 0 Å². The molecule has 0 rings (SSSR count). The molecule has 0 spiro atoms. The molecule has 0 aromatic heterocycles. The van der Waals surface area contributed by atoms with E-state index in [2.05, 4.69) is 18.7 Å². The second-order valence-electron chi connectivity index (χ2n) is 5.12. The summed E-state index contributed by atoms with van der Waals surface area (Å²) in [4.78, 5) is 12.7. The molecule has 0 aliphatic carbocycles. The van der Waals surface area contributed by atoms with Crippen LogP contribution in [0.25, 0.3) is 0 Å². The molecule has 108 valence electrons. The summed E-state index contributed by atoms with van der Waals surface area (Å²) in [6, 6.07) is 0.531. The molecular weight excluding hydrogens is 230 g/mol. The van der Waals surface area contributed by atoms with Gasteiger partial charge in [-0.2, -0.15) is 0 Å². The highest BCUT2D eigenvalue weighted by atomic mass is 16.4. The first kappa shape index (κ1) is 17.4. The van der Waals surface area contributed by atoms with Crippen LogP contribution in [0.15, 0.2) is 0 Å². The summed E-state index contributed by atoms with van der Waals surface area (Å²) in [5.41, 5.74) is 0. The average Bonchev–Trinajstić information content (AvgIpc) is 2.30. The monoisotopic (exact) mass is 259 g/mol. The molecule has 0 aromatic rings. The van der Waals surface area contributed by atoms with Gasteiger partial charge in [-0.25, -0.2) is 0 Å². The van der Waals surface area contributed by atoms with E-state index in [0.717, 1.165) is 45.2 Å². The van der Waals surface area contributed by atoms with Crippen LogP contribution in [0.3, 0.4) is 0 Å². The fourth-order valence-electron chi connectivity index (χ4n) is 2.02. The molecule has 4 nitrogen and oxygen atoms in total. The number of carboxylic acid groups (broad SMARTS) is 1. The van der Waals surface area contributed by atoms with E-state index in [-0.39, 0.29) is 6.61 Å². The van der Waals surface area contributed by atoms with E-state index in [1.807, 2.05) is 0 Å². The summed E-state index contributed by atoms with van der Waals surface area (Å²) in [5.74, 6) is -0.690. The average molecular weight is 259 g/mol. The van der Waals surface area contributed by atoms with Gasteiger partial charge in [0.05, 0.1) is 0 Å². The van der Waals surface area contributed by atoms with E-state index in [1.54, 1.807) is 0 Å². The quantitative estimate of drug-likeness (QED) is 0.529. The van der Waals surface area contributed by atoms with Gasteiger partial charge in [-0.1, -0.05) is 19.3 Å². The Kier molecular flexibility index (Phi) is 11.1. The molecule has 0 atom stereocenters. The first-order valence-corrected chi connectivity index (χ1v) is 7.14. The molecule has 0 aliphatic heterocycles. The molecule has 0 unspecified atom stereocenters. The first-order chi connectivity index (χ1) is 8.57. The molecule has 0 saturated heterocycles. The predicted octanol–water partition coefficient (Wildman–Crippen LogP) is 2.50. The Bertz CT molecular complexity index is 207. The van der Waals surface area contributed by atoms with Gasteiger partial charge in [0.2, 0.25) is 0 Å². The summed E-state index contributed by atoms with van der Waals surface area (Å²) < 4.78 is 0. The Morgan fingerprint density at radius 1 is 1.00 bits per heavy atom. The van der Waals surface area contributed by atoms with Crippen molar-refractivity contribution in [1.29, 1.82) is 0 Å². The summed E-state index contributed by atoms with van der Waals surface area (Å²) in [5, 5.41) is 17.3. The van der Waals surface area contributed by atoms with Gasteiger partial charge in [0, 0.05) is 25.6 Å². The van der Waals surface area contributed by atoms with Crippen molar-refractivity contribution >= 4 is 5.97 Å². The molecule has 0 saturated carbocycles. The number of aliphatic carboxylic acids is 1. The Balaban J connectivity index is 3.46. The van der Waals surface area contributed by atoms with Gasteiger partial charge in [-0.3, -0.25) is 4.79 Å². The number of carboxylic acids is 1. The maximum absolute atomic E-state index is 10.3. The van der Waals surface area contributed by atoms with E-state index in [4.69, 9.17) is 10.2 Å². The van der Waals surface area contributed by atoms with Gasteiger partial charge >= 0.3 is 5.97 Å². The van der Waals surface area contributed by atoms with Crippen molar-refractivity contribution < 1.29 is 15.0 Å². The SMILES string of the molecule is CC(C)N(CCCO)CCCCCCCC(=O)O. The maximum atomic E-state index is 10.3. The molecule has 2 N–H and O–H groups in total. The van der Waals surface area contributed by atoms with Gasteiger partial charge in [0.1, 0.15) is 0 Å². The van der Waals surface area contributed by atoms with E-state index in [9.17, 15) is 4.79 Å². The third-order valence-corrected chi connectivity index (χ3v) is 3.17. The van der Waals surface area contributed by atoms with Crippen LogP contribution in [0.4, 0.5) is 0 Å². The third kappa shape index (κ3) is 10.5. The van der Waals surface area contributed by atoms with Crippen LogP contribution < -0.4 is 0 Å². The van der Waals surface area contributed by atoms with E-state index in [1.165, 1.54) is 6.42 Å². The molecule has 0 radical (unpaired) electrons. The van der Waals surface area contributed by atoms with Gasteiger partial charge in [-0.15, -0.1) is 0 Å². The summed E-state index contributed by atoms with van der Waals surface area (Å²) >= 11 is 0. The summed E-state index contributed by atoms with van der Waals surface area (Å²) in [6.45, 7) is 6.68. The Morgan fingerprint density at radius 3 is 2.11 bits per heavy atom. The number of unbranched alkanes of at least 4 members (excludes halogenated alkanes) is 4. The van der Waals surface area contributed by atoms with E-state index < -0.39 is 5.97 Å². The molecule has 0 heterocycles. The van der Waals surface area contributed by atoms with Crippen molar-refractivity contribution in [2.75, 3.05) is 19.7 Å². The van der Waals surface area contributed by atoms with Crippen molar-refractivity contribution in [3.63, 3.8) is 0 Å². The molecule has 18 heavy (non-hydrogen) atoms. The number of hydrogen-bond acceptors (Lipinski definition) is 3. The smallest absolute Gasteiger partial charge is 0.303 e. The Hall–Kier alpha value is -0.610. The first-order valence-electron chi connectivity index (χ1n) is 7.14. The molecule has 0 amide bonds. The second-order valence-corrected chi connectivity index (χ2v) is 5.12. The molecule has 4 heteroatoms. The highest BCUT2D eigenvalue weighted by Crippen LogP contribution is 2.08. The number of rotatable bonds is 12. The Labute approximate surface area is 111 Å². The number of aliphatic hydroxyl groups excluding tert-OH is 1. The lowest BCUT2D eigenvalue weighted by molar-refractivity contribution is -0.137. The van der Waals surface area contributed by atoms with Crippen LogP contribution in [-0.2, 0) is 4.79 Å². The summed E-state index contributed by atoms with van der Waals surface area (Å²) in [7, 11) is 0. The van der Waals surface area contributed by atoms with Gasteiger partial charge in [0.15, 0.2) is 0 Å². The zero-order chi connectivity index (χ0) is 13.8. The van der Waals surface area contributed by atoms with Crippen LogP contribution in [0.1, 0.15) is 58.8 Å². The predicted molar refractivity (Wildman–Crippen MR) is 73.7 cm³/mol. The van der Waals surface area contributed by atoms with Crippen molar-refractivity contribution in [1.82, 2.24) is 4.90 Å². The number of carbonyl (C=O) groups is 1. The number of nitrogens with zero attached hydrogens (tertiary/aromatic N) is 1. The second kappa shape index (κ2) is 11.5. The van der Waals surface area contributed by atoms with Gasteiger partial charge < -0.3 is 15.1 Å². The van der Waals surface area contributed by atoms with Crippen molar-refractivity contribution in [2.24, 2.45) is 0 Å². The third-order valence-electron chi connectivity index (χ3n) is 3.17. The molecule has 0 aliphatic rings. The van der Waals surface area contributed by atoms with Crippen molar-refractivity contribution in [2.45, 2.75) is 64.8 Å². The van der Waals surface area contributed by atoms with Gasteiger partial charge in [0.25, 0.3) is 0 Å². The molecule has 0 fully saturated rings. The summed E-state index contributed by atoms with van der Waals surface area (Å²) in [6.07, 6.45) is 6.42. The van der Waals surface area contributed by atoms with Crippen molar-refractivity contribution in [3.8, 4) is 0 Å². The molecule has 0 bridgehead atoms. The highest BCUT2D eigenvalue weighted by Gasteiger charge is 2.07. The fraction of sp³-hybridized carbons (Fsp3) is 0.929. The van der Waals surface area contributed by atoms with E-state index in [0.29, 0.717) is 12.5 Å². The molecule has 0 aromatic carbocycles. The van der Waals surface area contributed by atoms with Crippen LogP contribution in [0.5, 0.6) is 0 Å². The maximum Gasteiger partial charge on any atom is 0.303 e. The van der Waals surface area contributed by atoms with Crippen LogP contribution in [0, 0.1) is 0 Å². The number of aliphatic hydroxyl groups is 1. The number of hydrogen-bond donors (Lipinski definition) is 2. The zero-order valence-electron chi connectivity index (χ0n) is 11.9. The zero-order valence-corrected chi connectivity index (χ0v) is 11.9. The van der Waals surface area contributed by atoms with Crippen molar-refractivity contribution in [3.05, 3.63) is 0 Å². The lowest BCUT2D eigenvalue weighted by Crippen LogP contribution is -2.33. The normalized spacial score (nSPS) is 11.4. The lowest BCUT2D eigenvalue weighted by Gasteiger charge is -2.26. The fourth-order valence-corrected chi connectivity index (χ4v) is 2.02. The van der Waals surface area contributed by atoms with Crippen LogP contribution in [-0.4, -0.2) is 46.8 Å². The standard InChI is InChI=1S/C14H29NO3/c1-13(2)15(11-8-12-16)10-7-5-3-4-6-9-14(17)18/h13,16H,3-12H2,1-2H3,(H,17,18). The minimum Gasteiger partial charge on any atom is -0.481 e. The molecular formula is C14H29NO3.